The largest absolute Gasteiger partial charge is 0.491 e. The molecule has 0 radical (unpaired) electrons. The average Bonchev–Trinajstić information content (AvgIpc) is 2.58. The maximum Gasteiger partial charge on any atom is 0.362 e. The first-order chi connectivity index (χ1) is 7.27. The van der Waals surface area contributed by atoms with Crippen LogP contribution in [0.15, 0.2) is 41.3 Å². The molecule has 0 amide bonds. The number of hydrogen-bond acceptors (Lipinski definition) is 3. The molecule has 0 fully saturated rings. The molecule has 0 saturated heterocycles. The average molecular weight is 206 g/mol. The van der Waals surface area contributed by atoms with Crippen LogP contribution in [0.5, 0.6) is 5.88 Å². The number of aromatic nitrogens is 2. The van der Waals surface area contributed by atoms with Crippen molar-refractivity contribution in [2.24, 2.45) is 0 Å². The number of nitrogens with zero attached hydrogens (tertiary/aromatic N) is 1. The van der Waals surface area contributed by atoms with Gasteiger partial charge >= 0.3 is 5.69 Å². The maximum atomic E-state index is 11.1. The molecule has 0 saturated carbocycles. The first-order valence-electron chi connectivity index (χ1n) is 4.44. The minimum absolute atomic E-state index is 0.228. The molecule has 0 aliphatic rings. The first kappa shape index (κ1) is 9.39. The molecule has 5 nitrogen and oxygen atoms in total. The van der Waals surface area contributed by atoms with Crippen LogP contribution in [0.25, 0.3) is 0 Å². The highest BCUT2D eigenvalue weighted by Crippen LogP contribution is 2.02. The van der Waals surface area contributed by atoms with Gasteiger partial charge in [-0.25, -0.2) is 4.79 Å². The van der Waals surface area contributed by atoms with E-state index >= 15 is 0 Å². The highest BCUT2D eigenvalue weighted by atomic mass is 16.7. The molecule has 1 heterocycles. The zero-order valence-electron chi connectivity index (χ0n) is 7.88. The van der Waals surface area contributed by atoms with Crippen LogP contribution in [0.1, 0.15) is 5.56 Å². The lowest BCUT2D eigenvalue weighted by atomic mass is 10.2. The predicted octanol–water partition coefficient (Wildman–Crippen LogP) is 0.511. The van der Waals surface area contributed by atoms with Gasteiger partial charge in [0.2, 0.25) is 5.88 Å². The Labute approximate surface area is 85.5 Å². The second-order valence-electron chi connectivity index (χ2n) is 3.01. The van der Waals surface area contributed by atoms with Crippen LogP contribution in [0, 0.1) is 0 Å². The van der Waals surface area contributed by atoms with E-state index in [1.807, 2.05) is 30.3 Å². The summed E-state index contributed by atoms with van der Waals surface area (Å²) < 4.78 is 0.812. The SMILES string of the molecule is O=c1[nH]cc(O)n1OCc1ccccc1. The summed E-state index contributed by atoms with van der Waals surface area (Å²) in [7, 11) is 0. The monoisotopic (exact) mass is 206 g/mol. The van der Waals surface area contributed by atoms with Crippen molar-refractivity contribution in [2.45, 2.75) is 6.61 Å². The molecule has 2 N–H and O–H groups in total. The second kappa shape index (κ2) is 3.91. The van der Waals surface area contributed by atoms with Crippen molar-refractivity contribution < 1.29 is 9.94 Å². The summed E-state index contributed by atoms with van der Waals surface area (Å²) in [5.41, 5.74) is 0.424. The van der Waals surface area contributed by atoms with Crippen molar-refractivity contribution in [1.29, 1.82) is 0 Å². The minimum atomic E-state index is -0.497. The van der Waals surface area contributed by atoms with Gasteiger partial charge in [0.25, 0.3) is 0 Å². The van der Waals surface area contributed by atoms with E-state index in [0.717, 1.165) is 10.3 Å². The van der Waals surface area contributed by atoms with Crippen LogP contribution >= 0.6 is 0 Å². The maximum absolute atomic E-state index is 11.1. The van der Waals surface area contributed by atoms with Gasteiger partial charge in [-0.05, 0) is 5.56 Å². The van der Waals surface area contributed by atoms with Crippen molar-refractivity contribution in [3.05, 3.63) is 52.6 Å². The Kier molecular flexibility index (Phi) is 2.45. The molecule has 1 aromatic heterocycles. The van der Waals surface area contributed by atoms with Gasteiger partial charge in [-0.1, -0.05) is 35.1 Å². The summed E-state index contributed by atoms with van der Waals surface area (Å²) in [5.74, 6) is -0.240. The molecule has 1 aromatic carbocycles. The number of hydrogen-bond donors (Lipinski definition) is 2. The molecular formula is C10H10N2O3. The van der Waals surface area contributed by atoms with E-state index < -0.39 is 5.69 Å². The smallest absolute Gasteiger partial charge is 0.362 e. The Hall–Kier alpha value is -2.17. The van der Waals surface area contributed by atoms with Crippen LogP contribution in [0.4, 0.5) is 0 Å². The Bertz CT molecular complexity index is 487. The molecule has 78 valence electrons. The Morgan fingerprint density at radius 1 is 1.33 bits per heavy atom. The molecule has 0 atom stereocenters. The number of rotatable bonds is 3. The number of benzene rings is 1. The Morgan fingerprint density at radius 2 is 2.07 bits per heavy atom. The van der Waals surface area contributed by atoms with E-state index in [2.05, 4.69) is 4.98 Å². The third-order valence-corrected chi connectivity index (χ3v) is 1.92. The van der Waals surface area contributed by atoms with Gasteiger partial charge in [0.05, 0.1) is 6.20 Å². The predicted molar refractivity (Wildman–Crippen MR) is 53.4 cm³/mol. The van der Waals surface area contributed by atoms with Crippen LogP contribution in [0.3, 0.4) is 0 Å². The summed E-state index contributed by atoms with van der Waals surface area (Å²) in [6, 6.07) is 9.38. The molecule has 15 heavy (non-hydrogen) atoms. The number of H-pyrrole nitrogens is 1. The van der Waals surface area contributed by atoms with Gasteiger partial charge in [0.15, 0.2) is 0 Å². The summed E-state index contributed by atoms with van der Waals surface area (Å²) in [6.07, 6.45) is 1.17. The fraction of sp³-hybridized carbons (Fsp3) is 0.100. The van der Waals surface area contributed by atoms with Crippen molar-refractivity contribution in [1.82, 2.24) is 9.71 Å². The Balaban J connectivity index is 2.09. The lowest BCUT2D eigenvalue weighted by molar-refractivity contribution is 0.0730. The highest BCUT2D eigenvalue weighted by Gasteiger charge is 2.04. The first-order valence-corrected chi connectivity index (χ1v) is 4.44. The third kappa shape index (κ3) is 2.01. The fourth-order valence-corrected chi connectivity index (χ4v) is 1.19. The van der Waals surface area contributed by atoms with Crippen molar-refractivity contribution in [3.63, 3.8) is 0 Å². The molecule has 5 heteroatoms. The third-order valence-electron chi connectivity index (χ3n) is 1.92. The van der Waals surface area contributed by atoms with E-state index in [1.165, 1.54) is 6.20 Å². The molecule has 0 bridgehead atoms. The zero-order valence-corrected chi connectivity index (χ0v) is 7.88. The second-order valence-corrected chi connectivity index (χ2v) is 3.01. The van der Waals surface area contributed by atoms with Crippen LogP contribution in [-0.2, 0) is 6.61 Å². The van der Waals surface area contributed by atoms with Crippen molar-refractivity contribution in [2.75, 3.05) is 0 Å². The molecule has 2 aromatic rings. The molecule has 0 unspecified atom stereocenters. The fourth-order valence-electron chi connectivity index (χ4n) is 1.19. The number of aromatic amines is 1. The standard InChI is InChI=1S/C10H10N2O3/c13-9-6-11-10(14)12(9)15-7-8-4-2-1-3-5-8/h1-6,13H,7H2,(H,11,14). The van der Waals surface area contributed by atoms with Crippen LogP contribution in [-0.4, -0.2) is 14.8 Å². The van der Waals surface area contributed by atoms with E-state index in [4.69, 9.17) is 4.84 Å². The van der Waals surface area contributed by atoms with Crippen molar-refractivity contribution in [3.8, 4) is 5.88 Å². The minimum Gasteiger partial charge on any atom is -0.491 e. The van der Waals surface area contributed by atoms with E-state index in [0.29, 0.717) is 0 Å². The molecule has 0 aliphatic heterocycles. The quantitative estimate of drug-likeness (QED) is 0.768. The molecule has 0 spiro atoms. The van der Waals surface area contributed by atoms with Crippen LogP contribution in [0.2, 0.25) is 0 Å². The highest BCUT2D eigenvalue weighted by molar-refractivity contribution is 5.13. The summed E-state index contributed by atoms with van der Waals surface area (Å²) in [5, 5.41) is 9.22. The summed E-state index contributed by atoms with van der Waals surface area (Å²) in [6.45, 7) is 0.228. The van der Waals surface area contributed by atoms with Crippen molar-refractivity contribution >= 4 is 0 Å². The van der Waals surface area contributed by atoms with Gasteiger partial charge in [-0.3, -0.25) is 0 Å². The van der Waals surface area contributed by atoms with Crippen LogP contribution < -0.4 is 10.5 Å². The van der Waals surface area contributed by atoms with E-state index in [9.17, 15) is 9.90 Å². The zero-order chi connectivity index (χ0) is 10.7. The molecule has 2 rings (SSSR count). The summed E-state index contributed by atoms with van der Waals surface area (Å²) >= 11 is 0. The normalized spacial score (nSPS) is 10.1. The van der Waals surface area contributed by atoms with Gasteiger partial charge in [-0.15, -0.1) is 0 Å². The van der Waals surface area contributed by atoms with Gasteiger partial charge < -0.3 is 14.9 Å². The number of imidazole rings is 1. The van der Waals surface area contributed by atoms with Gasteiger partial charge in [0, 0.05) is 0 Å². The van der Waals surface area contributed by atoms with E-state index in [1.54, 1.807) is 0 Å². The lowest BCUT2D eigenvalue weighted by Crippen LogP contribution is -2.23. The summed E-state index contributed by atoms with van der Waals surface area (Å²) in [4.78, 5) is 18.5. The lowest BCUT2D eigenvalue weighted by Gasteiger charge is -2.05. The van der Waals surface area contributed by atoms with Gasteiger partial charge in [0.1, 0.15) is 6.61 Å². The number of nitrogens with one attached hydrogen (secondary N) is 1. The number of aromatic hydroxyl groups is 1. The molecular weight excluding hydrogens is 196 g/mol. The van der Waals surface area contributed by atoms with E-state index in [-0.39, 0.29) is 12.5 Å². The molecule has 0 aliphatic carbocycles. The van der Waals surface area contributed by atoms with Gasteiger partial charge in [-0.2, -0.15) is 0 Å². The Morgan fingerprint density at radius 3 is 2.67 bits per heavy atom. The topological polar surface area (TPSA) is 67.2 Å².